The Morgan fingerprint density at radius 2 is 0.971 bits per heavy atom. The van der Waals surface area contributed by atoms with E-state index >= 15 is 0 Å². The number of thioether (sulfide) groups is 2. The summed E-state index contributed by atoms with van der Waals surface area (Å²) < 4.78 is 2.52. The van der Waals surface area contributed by atoms with Crippen LogP contribution in [-0.4, -0.2) is 75.1 Å². The van der Waals surface area contributed by atoms with Gasteiger partial charge in [-0.1, -0.05) is 23.5 Å². The van der Waals surface area contributed by atoms with Crippen LogP contribution in [0.15, 0.2) is 30.1 Å². The van der Waals surface area contributed by atoms with Crippen LogP contribution in [0, 0.1) is 13.8 Å². The lowest BCUT2D eigenvalue weighted by Gasteiger charge is -2.56. The van der Waals surface area contributed by atoms with Crippen LogP contribution in [0.4, 0.5) is 0 Å². The summed E-state index contributed by atoms with van der Waals surface area (Å²) >= 11 is 2.55. The van der Waals surface area contributed by atoms with Crippen LogP contribution in [-0.2, 0) is 0 Å². The van der Waals surface area contributed by atoms with Crippen molar-refractivity contribution in [2.45, 2.75) is 76.8 Å². The molecule has 34 heavy (non-hydrogen) atoms. The molecule has 1 aliphatic heterocycles. The summed E-state index contributed by atoms with van der Waals surface area (Å²) in [6, 6.07) is 0. The number of aromatic nitrogens is 6. The summed E-state index contributed by atoms with van der Waals surface area (Å²) in [5, 5.41) is 26.2. The average Bonchev–Trinajstić information content (AvgIpc) is 2.70. The minimum absolute atomic E-state index is 0.245. The minimum Gasteiger partial charge on any atom is -0.274 e. The molecule has 0 aromatic carbocycles. The van der Waals surface area contributed by atoms with Crippen molar-refractivity contribution < 1.29 is 0 Å². The van der Waals surface area contributed by atoms with Crippen molar-refractivity contribution in [3.63, 3.8) is 0 Å². The van der Waals surface area contributed by atoms with E-state index in [1.807, 2.05) is 51.3 Å². The maximum Gasteiger partial charge on any atom is 0.296 e. The van der Waals surface area contributed by atoms with Gasteiger partial charge in [-0.3, -0.25) is 19.4 Å². The summed E-state index contributed by atoms with van der Waals surface area (Å²) in [4.78, 5) is 29.5. The van der Waals surface area contributed by atoms with Crippen molar-refractivity contribution >= 4 is 35.4 Å². The Morgan fingerprint density at radius 3 is 1.24 bits per heavy atom. The van der Waals surface area contributed by atoms with Gasteiger partial charge in [-0.05, 0) is 67.9 Å². The predicted octanol–water partition coefficient (Wildman–Crippen LogP) is 1.80. The Morgan fingerprint density at radius 1 is 0.647 bits per heavy atom. The first kappa shape index (κ1) is 25.9. The van der Waals surface area contributed by atoms with Gasteiger partial charge in [0.1, 0.15) is 11.4 Å². The standard InChI is InChI=1S/C20H30N10O2S2/c1-11-13(31)29(17(33-9)23-21-11)25-15-27(19(3,4)5)16(28(15)20(6,7)8)26-30-14(32)12(2)22-24-18(30)34-10/h1-10H3. The first-order valence-corrected chi connectivity index (χ1v) is 13.0. The van der Waals surface area contributed by atoms with E-state index in [4.69, 9.17) is 10.2 Å². The monoisotopic (exact) mass is 506 g/mol. The molecule has 0 aliphatic carbocycles. The highest BCUT2D eigenvalue weighted by Crippen LogP contribution is 2.33. The molecule has 0 unspecified atom stereocenters. The molecule has 0 spiro atoms. The van der Waals surface area contributed by atoms with Crippen LogP contribution in [0.1, 0.15) is 52.9 Å². The number of hydrogen-bond acceptors (Lipinski definition) is 10. The molecule has 0 N–H and O–H groups in total. The molecule has 1 aliphatic rings. The van der Waals surface area contributed by atoms with Gasteiger partial charge in [-0.15, -0.1) is 30.6 Å². The van der Waals surface area contributed by atoms with Gasteiger partial charge in [0.05, 0.1) is 0 Å². The van der Waals surface area contributed by atoms with Crippen LogP contribution in [0.3, 0.4) is 0 Å². The van der Waals surface area contributed by atoms with Crippen molar-refractivity contribution in [2.24, 2.45) is 10.2 Å². The highest BCUT2D eigenvalue weighted by atomic mass is 32.2. The van der Waals surface area contributed by atoms with Gasteiger partial charge in [-0.2, -0.15) is 9.35 Å². The molecule has 2 aromatic heterocycles. The molecule has 0 atom stereocenters. The van der Waals surface area contributed by atoms with Gasteiger partial charge in [0.25, 0.3) is 11.1 Å². The van der Waals surface area contributed by atoms with E-state index in [2.05, 4.69) is 20.4 Å². The van der Waals surface area contributed by atoms with Gasteiger partial charge in [-0.25, -0.2) is 0 Å². The average molecular weight is 507 g/mol. The smallest absolute Gasteiger partial charge is 0.274 e. The normalized spacial score (nSPS) is 14.4. The Hall–Kier alpha value is -2.74. The molecule has 1 saturated heterocycles. The first-order chi connectivity index (χ1) is 15.7. The molecule has 2 aromatic rings. The molecular weight excluding hydrogens is 476 g/mol. The van der Waals surface area contributed by atoms with Gasteiger partial charge in [0, 0.05) is 11.1 Å². The summed E-state index contributed by atoms with van der Waals surface area (Å²) in [5.41, 5.74) is -1.17. The SMILES string of the molecule is CSc1nnc(C)c(=O)n1N=C1N(C(C)(C)C)C(=Nn2c(SC)nnc(C)c2=O)N1C(C)(C)C. The van der Waals surface area contributed by atoms with Gasteiger partial charge in [0.2, 0.25) is 22.2 Å². The lowest BCUT2D eigenvalue weighted by atomic mass is 10.00. The van der Waals surface area contributed by atoms with Gasteiger partial charge >= 0.3 is 0 Å². The lowest BCUT2D eigenvalue weighted by Crippen LogP contribution is -2.75. The molecule has 0 amide bonds. The molecule has 184 valence electrons. The van der Waals surface area contributed by atoms with Crippen LogP contribution < -0.4 is 11.1 Å². The van der Waals surface area contributed by atoms with Crippen molar-refractivity contribution in [3.8, 4) is 0 Å². The second kappa shape index (κ2) is 9.13. The fraction of sp³-hybridized carbons (Fsp3) is 0.600. The third-order valence-electron chi connectivity index (χ3n) is 4.82. The van der Waals surface area contributed by atoms with E-state index < -0.39 is 11.1 Å². The van der Waals surface area contributed by atoms with E-state index in [-0.39, 0.29) is 22.5 Å². The summed E-state index contributed by atoms with van der Waals surface area (Å²) in [6.07, 6.45) is 3.61. The second-order valence-electron chi connectivity index (χ2n) is 9.59. The first-order valence-electron chi connectivity index (χ1n) is 10.5. The molecule has 3 rings (SSSR count). The number of guanidine groups is 2. The Balaban J connectivity index is 2.32. The second-order valence-corrected chi connectivity index (χ2v) is 11.1. The Kier molecular flexibility index (Phi) is 6.95. The number of aryl methyl sites for hydroxylation is 2. The van der Waals surface area contributed by atoms with Crippen molar-refractivity contribution in [3.05, 3.63) is 32.1 Å². The van der Waals surface area contributed by atoms with E-state index in [0.717, 1.165) is 0 Å². The molecule has 0 saturated carbocycles. The van der Waals surface area contributed by atoms with Gasteiger partial charge < -0.3 is 0 Å². The highest BCUT2D eigenvalue weighted by Gasteiger charge is 2.51. The zero-order chi connectivity index (χ0) is 25.6. The molecule has 0 bridgehead atoms. The molecule has 0 radical (unpaired) electrons. The highest BCUT2D eigenvalue weighted by molar-refractivity contribution is 7.98. The van der Waals surface area contributed by atoms with E-state index in [0.29, 0.717) is 22.2 Å². The van der Waals surface area contributed by atoms with Crippen LogP contribution in [0.5, 0.6) is 0 Å². The minimum atomic E-state index is -0.476. The maximum absolute atomic E-state index is 12.9. The van der Waals surface area contributed by atoms with Gasteiger partial charge in [0.15, 0.2) is 0 Å². The maximum atomic E-state index is 12.9. The molecule has 14 heteroatoms. The largest absolute Gasteiger partial charge is 0.296 e. The van der Waals surface area contributed by atoms with Crippen LogP contribution in [0.25, 0.3) is 0 Å². The fourth-order valence-corrected chi connectivity index (χ4v) is 4.05. The van der Waals surface area contributed by atoms with Crippen molar-refractivity contribution in [1.82, 2.24) is 39.5 Å². The third-order valence-corrected chi connectivity index (χ3v) is 6.06. The van der Waals surface area contributed by atoms with Crippen molar-refractivity contribution in [2.75, 3.05) is 12.5 Å². The lowest BCUT2D eigenvalue weighted by molar-refractivity contribution is 0.172. The van der Waals surface area contributed by atoms with Crippen molar-refractivity contribution in [1.29, 1.82) is 0 Å². The number of hydrogen-bond donors (Lipinski definition) is 0. The van der Waals surface area contributed by atoms with Crippen LogP contribution >= 0.6 is 23.5 Å². The van der Waals surface area contributed by atoms with Crippen LogP contribution in [0.2, 0.25) is 0 Å². The number of rotatable bonds is 4. The summed E-state index contributed by atoms with van der Waals surface area (Å²) in [5.74, 6) is 1.00. The Bertz CT molecular complexity index is 1170. The van der Waals surface area contributed by atoms with E-state index in [1.54, 1.807) is 26.4 Å². The zero-order valence-corrected chi connectivity index (χ0v) is 22.7. The topological polar surface area (TPSA) is 127 Å². The third kappa shape index (κ3) is 4.60. The quantitative estimate of drug-likeness (QED) is 0.566. The Labute approximate surface area is 206 Å². The summed E-state index contributed by atoms with van der Waals surface area (Å²) in [7, 11) is 0. The summed E-state index contributed by atoms with van der Waals surface area (Å²) in [6.45, 7) is 15.2. The molecular formula is C20H30N10O2S2. The van der Waals surface area contributed by atoms with E-state index in [9.17, 15) is 9.59 Å². The van der Waals surface area contributed by atoms with E-state index in [1.165, 1.54) is 32.9 Å². The fourth-order valence-electron chi connectivity index (χ4n) is 3.21. The molecule has 12 nitrogen and oxygen atoms in total. The molecule has 1 fully saturated rings. The zero-order valence-electron chi connectivity index (χ0n) is 21.1. The predicted molar refractivity (Wildman–Crippen MR) is 134 cm³/mol. The molecule has 3 heterocycles. The number of nitrogens with zero attached hydrogens (tertiary/aromatic N) is 10.